The van der Waals surface area contributed by atoms with Crippen molar-refractivity contribution in [3.8, 4) is 35.8 Å². The van der Waals surface area contributed by atoms with Gasteiger partial charge in [-0.25, -0.2) is 0 Å². The second kappa shape index (κ2) is 10.2. The second-order valence-corrected chi connectivity index (χ2v) is 11.1. The van der Waals surface area contributed by atoms with Gasteiger partial charge in [0, 0.05) is 5.92 Å². The van der Waals surface area contributed by atoms with E-state index in [9.17, 15) is 15.8 Å². The second-order valence-electron chi connectivity index (χ2n) is 9.92. The molecule has 0 radical (unpaired) electrons. The van der Waals surface area contributed by atoms with Gasteiger partial charge in [-0.3, -0.25) is 0 Å². The molecule has 7 nitrogen and oxygen atoms in total. The minimum atomic E-state index is -1.71. The number of halogens is 1. The van der Waals surface area contributed by atoms with Gasteiger partial charge in [0.15, 0.2) is 23.5 Å². The molecule has 180 valence electrons. The maximum atomic E-state index is 10.4. The maximum absolute atomic E-state index is 10.4. The van der Waals surface area contributed by atoms with Crippen molar-refractivity contribution < 1.29 is 9.47 Å². The number of fused-ring (bicyclic) bond motifs is 1. The Balaban J connectivity index is 2.32. The predicted molar refractivity (Wildman–Crippen MR) is 138 cm³/mol. The van der Waals surface area contributed by atoms with E-state index in [2.05, 4.69) is 67.6 Å². The normalized spacial score (nSPS) is 23.0. The summed E-state index contributed by atoms with van der Waals surface area (Å²) in [4.78, 5) is 0. The predicted octanol–water partition coefficient (Wildman–Crippen LogP) is 5.46. The van der Waals surface area contributed by atoms with Crippen LogP contribution >= 0.6 is 22.6 Å². The lowest BCUT2D eigenvalue weighted by Gasteiger charge is -2.47. The van der Waals surface area contributed by atoms with Crippen LogP contribution in [0.25, 0.3) is 0 Å². The van der Waals surface area contributed by atoms with E-state index in [0.717, 1.165) is 24.0 Å². The fourth-order valence-corrected chi connectivity index (χ4v) is 6.03. The lowest BCUT2D eigenvalue weighted by Crippen LogP contribution is -2.44. The summed E-state index contributed by atoms with van der Waals surface area (Å²) in [7, 11) is 0. The number of allylic oxidation sites excluding steroid dienone is 4. The molecule has 1 aromatic carbocycles. The number of benzene rings is 1. The summed E-state index contributed by atoms with van der Waals surface area (Å²) < 4.78 is 12.2. The average Bonchev–Trinajstić information content (AvgIpc) is 2.82. The molecule has 2 N–H and O–H groups in total. The fraction of sp³-hybridized carbons (Fsp3) is 0.481. The molecule has 0 fully saturated rings. The van der Waals surface area contributed by atoms with Crippen LogP contribution in [-0.4, -0.2) is 13.2 Å². The van der Waals surface area contributed by atoms with Crippen molar-refractivity contribution in [2.75, 3.05) is 13.2 Å². The highest BCUT2D eigenvalue weighted by atomic mass is 127. The van der Waals surface area contributed by atoms with E-state index in [1.54, 1.807) is 6.07 Å². The average molecular weight is 581 g/mol. The highest BCUT2D eigenvalue weighted by Crippen LogP contribution is 2.58. The van der Waals surface area contributed by atoms with Crippen LogP contribution in [0, 0.1) is 71.6 Å². The highest BCUT2D eigenvalue weighted by molar-refractivity contribution is 14.1. The molecule has 8 heteroatoms. The molecule has 0 unspecified atom stereocenters. The van der Waals surface area contributed by atoms with Crippen LogP contribution < -0.4 is 15.2 Å². The van der Waals surface area contributed by atoms with Crippen LogP contribution in [0.3, 0.4) is 0 Å². The fourth-order valence-electron chi connectivity index (χ4n) is 5.25. The van der Waals surface area contributed by atoms with E-state index in [1.807, 2.05) is 19.1 Å². The van der Waals surface area contributed by atoms with Crippen LogP contribution in [0.1, 0.15) is 52.0 Å². The quantitative estimate of drug-likeness (QED) is 0.456. The molecule has 0 aromatic heterocycles. The molecule has 0 heterocycles. The van der Waals surface area contributed by atoms with Gasteiger partial charge in [-0.2, -0.15) is 21.0 Å². The summed E-state index contributed by atoms with van der Waals surface area (Å²) in [5.74, 6) is 0.337. The van der Waals surface area contributed by atoms with E-state index >= 15 is 0 Å². The van der Waals surface area contributed by atoms with Crippen molar-refractivity contribution in [3.05, 3.63) is 44.2 Å². The molecular weight excluding hydrogens is 553 g/mol. The molecule has 0 bridgehead atoms. The first-order chi connectivity index (χ1) is 16.6. The SMILES string of the molecule is CCOc1cc([C@H]2[C@@H]3C[C@H](C(C)(C)C)CC=C3C(C#N)=C(N)C2(C#N)C#N)cc(I)c1OCC#N. The standard InChI is InChI=1S/C27H28IN5O2/c1-5-34-22-11-16(10-21(28)24(22)35-9-8-29)23-19-12-17(26(2,3)4)6-7-18(19)20(13-30)25(33)27(23,14-31)15-32/h7,10-11,17,19,23H,5-6,9,12,33H2,1-4H3/t17-,19-,23+/m1/s1. The van der Waals surface area contributed by atoms with E-state index in [4.69, 9.17) is 20.5 Å². The van der Waals surface area contributed by atoms with Crippen molar-refractivity contribution in [1.29, 1.82) is 21.0 Å². The number of hydrogen-bond acceptors (Lipinski definition) is 7. The van der Waals surface area contributed by atoms with Crippen molar-refractivity contribution in [2.45, 2.75) is 46.5 Å². The zero-order valence-corrected chi connectivity index (χ0v) is 22.5. The van der Waals surface area contributed by atoms with E-state index in [1.165, 1.54) is 0 Å². The van der Waals surface area contributed by atoms with Crippen molar-refractivity contribution in [3.63, 3.8) is 0 Å². The molecule has 0 saturated carbocycles. The summed E-state index contributed by atoms with van der Waals surface area (Å²) in [6.45, 7) is 8.63. The van der Waals surface area contributed by atoms with Gasteiger partial charge < -0.3 is 15.2 Å². The highest BCUT2D eigenvalue weighted by Gasteiger charge is 2.55. The third-order valence-electron chi connectivity index (χ3n) is 7.07. The molecule has 3 atom stereocenters. The van der Waals surface area contributed by atoms with Gasteiger partial charge in [-0.15, -0.1) is 0 Å². The molecule has 35 heavy (non-hydrogen) atoms. The van der Waals surface area contributed by atoms with E-state index < -0.39 is 11.3 Å². The van der Waals surface area contributed by atoms with Crippen molar-refractivity contribution in [1.82, 2.24) is 0 Å². The zero-order chi connectivity index (χ0) is 26.0. The topological polar surface area (TPSA) is 140 Å². The third-order valence-corrected chi connectivity index (χ3v) is 7.87. The first kappa shape index (κ1) is 26.4. The Morgan fingerprint density at radius 3 is 2.37 bits per heavy atom. The van der Waals surface area contributed by atoms with Crippen molar-refractivity contribution in [2.24, 2.45) is 28.4 Å². The summed E-state index contributed by atoms with van der Waals surface area (Å²) in [5, 5.41) is 39.7. The lowest BCUT2D eigenvalue weighted by atomic mass is 9.54. The van der Waals surface area contributed by atoms with E-state index in [-0.39, 0.29) is 29.2 Å². The summed E-state index contributed by atoms with van der Waals surface area (Å²) in [6, 6.07) is 12.2. The van der Waals surface area contributed by atoms with Crippen LogP contribution in [0.15, 0.2) is 35.1 Å². The maximum Gasteiger partial charge on any atom is 0.191 e. The molecule has 0 spiro atoms. The molecule has 0 aliphatic heterocycles. The number of nitrogens with two attached hydrogens (primary N) is 1. The molecule has 1 aromatic rings. The number of ether oxygens (including phenoxy) is 2. The van der Waals surface area contributed by atoms with Gasteiger partial charge in [-0.05, 0) is 82.9 Å². The van der Waals surface area contributed by atoms with Crippen LogP contribution in [-0.2, 0) is 0 Å². The molecule has 2 aliphatic carbocycles. The zero-order valence-electron chi connectivity index (χ0n) is 20.4. The molecule has 0 saturated heterocycles. The monoisotopic (exact) mass is 581 g/mol. The van der Waals surface area contributed by atoms with E-state index in [0.29, 0.717) is 27.6 Å². The first-order valence-corrected chi connectivity index (χ1v) is 12.6. The largest absolute Gasteiger partial charge is 0.490 e. The van der Waals surface area contributed by atoms with Gasteiger partial charge in [0.05, 0.1) is 33.6 Å². The number of rotatable bonds is 5. The van der Waals surface area contributed by atoms with Gasteiger partial charge in [0.1, 0.15) is 12.1 Å². The Morgan fingerprint density at radius 1 is 1.14 bits per heavy atom. The summed E-state index contributed by atoms with van der Waals surface area (Å²) in [5.41, 5.74) is 6.53. The first-order valence-electron chi connectivity index (χ1n) is 11.5. The Labute approximate surface area is 220 Å². The van der Waals surface area contributed by atoms with Gasteiger partial charge >= 0.3 is 0 Å². The Hall–Kier alpha value is -3.21. The van der Waals surface area contributed by atoms with Gasteiger partial charge in [0.25, 0.3) is 0 Å². The molecule has 0 amide bonds. The van der Waals surface area contributed by atoms with Crippen molar-refractivity contribution >= 4 is 22.6 Å². The summed E-state index contributed by atoms with van der Waals surface area (Å²) in [6.07, 6.45) is 3.59. The third kappa shape index (κ3) is 4.56. The Kier molecular flexibility index (Phi) is 7.68. The van der Waals surface area contributed by atoms with Gasteiger partial charge in [-0.1, -0.05) is 26.8 Å². The molecule has 2 aliphatic rings. The Morgan fingerprint density at radius 2 is 1.83 bits per heavy atom. The van der Waals surface area contributed by atoms with Gasteiger partial charge in [0.2, 0.25) is 0 Å². The number of nitriles is 4. The minimum Gasteiger partial charge on any atom is -0.490 e. The molecule has 3 rings (SSSR count). The number of hydrogen-bond donors (Lipinski definition) is 1. The lowest BCUT2D eigenvalue weighted by molar-refractivity contribution is 0.170. The van der Waals surface area contributed by atoms with Crippen LogP contribution in [0.5, 0.6) is 11.5 Å². The smallest absolute Gasteiger partial charge is 0.191 e. The Bertz CT molecular complexity index is 1230. The van der Waals surface area contributed by atoms with Crippen LogP contribution in [0.4, 0.5) is 0 Å². The summed E-state index contributed by atoms with van der Waals surface area (Å²) >= 11 is 2.11. The van der Waals surface area contributed by atoms with Crippen LogP contribution in [0.2, 0.25) is 0 Å². The number of nitrogens with zero attached hydrogens (tertiary/aromatic N) is 4. The molecular formula is C27H28IN5O2. The minimum absolute atomic E-state index is 0.00415.